The number of fused-ring (bicyclic) bond motifs is 1. The van der Waals surface area contributed by atoms with E-state index >= 15 is 0 Å². The van der Waals surface area contributed by atoms with Gasteiger partial charge in [0.15, 0.2) is 11.5 Å². The Morgan fingerprint density at radius 3 is 2.44 bits per heavy atom. The summed E-state index contributed by atoms with van der Waals surface area (Å²) in [6.45, 7) is 2.78. The number of nitrogens with one attached hydrogen (secondary N) is 1. The van der Waals surface area contributed by atoms with Crippen molar-refractivity contribution in [3.05, 3.63) is 42.0 Å². The van der Waals surface area contributed by atoms with Crippen LogP contribution in [0.4, 0.5) is 0 Å². The Kier molecular flexibility index (Phi) is 5.76. The maximum Gasteiger partial charge on any atom is 0.241 e. The molecule has 0 spiro atoms. The third kappa shape index (κ3) is 4.28. The van der Waals surface area contributed by atoms with Gasteiger partial charge in [0.05, 0.1) is 32.3 Å². The predicted molar refractivity (Wildman–Crippen MR) is 100 cm³/mol. The topological polar surface area (TPSA) is 83.1 Å². The van der Waals surface area contributed by atoms with Crippen LogP contribution >= 0.6 is 0 Å². The molecule has 0 saturated heterocycles. The van der Waals surface area contributed by atoms with Crippen LogP contribution in [0, 0.1) is 0 Å². The van der Waals surface area contributed by atoms with Gasteiger partial charge in [-0.1, -0.05) is 0 Å². The molecule has 0 aliphatic carbocycles. The Balaban J connectivity index is 1.87. The zero-order valence-electron chi connectivity index (χ0n) is 15.5. The van der Waals surface area contributed by atoms with Gasteiger partial charge in [-0.05, 0) is 37.3 Å². The molecule has 7 nitrogen and oxygen atoms in total. The number of rotatable bonds is 6. The molecule has 0 saturated carbocycles. The highest BCUT2D eigenvalue weighted by atomic mass is 32.2. The van der Waals surface area contributed by atoms with Crippen LogP contribution in [0.5, 0.6) is 23.0 Å². The van der Waals surface area contributed by atoms with Crippen LogP contribution in [-0.4, -0.2) is 35.9 Å². The Morgan fingerprint density at radius 1 is 1.00 bits per heavy atom. The molecule has 1 unspecified atom stereocenters. The standard InChI is InChI=1S/C19H23NO6S/c1-13(16-11-14(23-2)5-7-17(16)24-3)20-27(21,22)15-6-8-18-19(12-15)26-10-4-9-25-18/h5-8,11-13,20H,4,9-10H2,1-3H3. The van der Waals surface area contributed by atoms with E-state index in [4.69, 9.17) is 18.9 Å². The Hall–Kier alpha value is -2.45. The van der Waals surface area contributed by atoms with E-state index in [0.717, 1.165) is 6.42 Å². The molecule has 0 radical (unpaired) electrons. The van der Waals surface area contributed by atoms with Crippen molar-refractivity contribution in [2.45, 2.75) is 24.3 Å². The summed E-state index contributed by atoms with van der Waals surface area (Å²) in [5.41, 5.74) is 0.676. The SMILES string of the molecule is COc1ccc(OC)c(C(C)NS(=O)(=O)c2ccc3c(c2)OCCCO3)c1. The highest BCUT2D eigenvalue weighted by Gasteiger charge is 2.23. The first-order valence-electron chi connectivity index (χ1n) is 8.58. The molecule has 0 fully saturated rings. The Bertz CT molecular complexity index is 912. The summed E-state index contributed by atoms with van der Waals surface area (Å²) < 4.78 is 50.1. The first kappa shape index (κ1) is 19.3. The molecule has 1 heterocycles. The van der Waals surface area contributed by atoms with Gasteiger partial charge in [0.25, 0.3) is 0 Å². The fourth-order valence-corrected chi connectivity index (χ4v) is 4.09. The van der Waals surface area contributed by atoms with Crippen LogP contribution in [0.1, 0.15) is 24.9 Å². The number of hydrogen-bond acceptors (Lipinski definition) is 6. The van der Waals surface area contributed by atoms with Gasteiger partial charge in [-0.2, -0.15) is 0 Å². The van der Waals surface area contributed by atoms with Crippen molar-refractivity contribution < 1.29 is 27.4 Å². The van der Waals surface area contributed by atoms with E-state index in [1.165, 1.54) is 19.2 Å². The summed E-state index contributed by atoms with van der Waals surface area (Å²) in [4.78, 5) is 0.112. The quantitative estimate of drug-likeness (QED) is 0.813. The monoisotopic (exact) mass is 393 g/mol. The minimum absolute atomic E-state index is 0.112. The third-order valence-corrected chi connectivity index (χ3v) is 5.80. The van der Waals surface area contributed by atoms with E-state index in [1.807, 2.05) is 0 Å². The van der Waals surface area contributed by atoms with Crippen molar-refractivity contribution >= 4 is 10.0 Å². The van der Waals surface area contributed by atoms with E-state index in [0.29, 0.717) is 41.8 Å². The number of ether oxygens (including phenoxy) is 4. The molecule has 146 valence electrons. The number of methoxy groups -OCH3 is 2. The largest absolute Gasteiger partial charge is 0.497 e. The van der Waals surface area contributed by atoms with E-state index < -0.39 is 16.1 Å². The summed E-state index contributed by atoms with van der Waals surface area (Å²) >= 11 is 0. The molecule has 3 rings (SSSR count). The minimum atomic E-state index is -3.78. The van der Waals surface area contributed by atoms with Gasteiger partial charge < -0.3 is 18.9 Å². The van der Waals surface area contributed by atoms with Crippen LogP contribution in [0.2, 0.25) is 0 Å². The number of hydrogen-bond donors (Lipinski definition) is 1. The van der Waals surface area contributed by atoms with Gasteiger partial charge in [-0.25, -0.2) is 13.1 Å². The molecular weight excluding hydrogens is 370 g/mol. The van der Waals surface area contributed by atoms with Gasteiger partial charge in [-0.15, -0.1) is 0 Å². The molecule has 2 aromatic rings. The zero-order chi connectivity index (χ0) is 19.4. The van der Waals surface area contributed by atoms with Gasteiger partial charge in [0, 0.05) is 24.1 Å². The average molecular weight is 393 g/mol. The molecule has 27 heavy (non-hydrogen) atoms. The first-order valence-corrected chi connectivity index (χ1v) is 10.1. The second-order valence-electron chi connectivity index (χ2n) is 6.11. The second-order valence-corrected chi connectivity index (χ2v) is 7.82. The van der Waals surface area contributed by atoms with Crippen LogP contribution < -0.4 is 23.7 Å². The molecule has 1 atom stereocenters. The zero-order valence-corrected chi connectivity index (χ0v) is 16.3. The van der Waals surface area contributed by atoms with Crippen LogP contribution in [0.25, 0.3) is 0 Å². The maximum absolute atomic E-state index is 12.9. The van der Waals surface area contributed by atoms with E-state index in [1.54, 1.807) is 38.3 Å². The summed E-state index contributed by atoms with van der Waals surface area (Å²) in [6, 6.07) is 9.33. The highest BCUT2D eigenvalue weighted by molar-refractivity contribution is 7.89. The molecule has 0 bridgehead atoms. The van der Waals surface area contributed by atoms with Gasteiger partial charge in [0.2, 0.25) is 10.0 Å². The fraction of sp³-hybridized carbons (Fsp3) is 0.368. The lowest BCUT2D eigenvalue weighted by Gasteiger charge is -2.19. The van der Waals surface area contributed by atoms with Crippen molar-refractivity contribution in [2.75, 3.05) is 27.4 Å². The average Bonchev–Trinajstić information content (AvgIpc) is 2.91. The van der Waals surface area contributed by atoms with Crippen molar-refractivity contribution in [3.63, 3.8) is 0 Å². The molecule has 2 aromatic carbocycles. The normalized spacial score (nSPS) is 14.9. The molecule has 0 amide bonds. The first-order chi connectivity index (χ1) is 12.9. The molecular formula is C19H23NO6S. The molecule has 0 aromatic heterocycles. The highest BCUT2D eigenvalue weighted by Crippen LogP contribution is 2.33. The number of sulfonamides is 1. The summed E-state index contributed by atoms with van der Waals surface area (Å²) in [7, 11) is -0.688. The minimum Gasteiger partial charge on any atom is -0.497 e. The predicted octanol–water partition coefficient (Wildman–Crippen LogP) is 2.90. The van der Waals surface area contributed by atoms with E-state index in [2.05, 4.69) is 4.72 Å². The third-order valence-electron chi connectivity index (χ3n) is 4.26. The lowest BCUT2D eigenvalue weighted by molar-refractivity contribution is 0.297. The van der Waals surface area contributed by atoms with Gasteiger partial charge in [0.1, 0.15) is 11.5 Å². The summed E-state index contributed by atoms with van der Waals surface area (Å²) in [5, 5.41) is 0. The van der Waals surface area contributed by atoms with E-state index in [9.17, 15) is 8.42 Å². The van der Waals surface area contributed by atoms with Crippen molar-refractivity contribution in [1.82, 2.24) is 4.72 Å². The Labute approximate surface area is 159 Å². The summed E-state index contributed by atoms with van der Waals surface area (Å²) in [5.74, 6) is 2.17. The van der Waals surface area contributed by atoms with Gasteiger partial charge in [-0.3, -0.25) is 0 Å². The van der Waals surface area contributed by atoms with E-state index in [-0.39, 0.29) is 4.90 Å². The lowest BCUT2D eigenvalue weighted by Crippen LogP contribution is -2.27. The van der Waals surface area contributed by atoms with Crippen molar-refractivity contribution in [2.24, 2.45) is 0 Å². The number of benzene rings is 2. The maximum atomic E-state index is 12.9. The smallest absolute Gasteiger partial charge is 0.241 e. The van der Waals surface area contributed by atoms with Gasteiger partial charge >= 0.3 is 0 Å². The molecule has 1 aliphatic heterocycles. The second kappa shape index (κ2) is 8.06. The molecule has 8 heteroatoms. The Morgan fingerprint density at radius 2 is 1.74 bits per heavy atom. The lowest BCUT2D eigenvalue weighted by atomic mass is 10.1. The van der Waals surface area contributed by atoms with Crippen LogP contribution in [0.3, 0.4) is 0 Å². The molecule has 1 aliphatic rings. The van der Waals surface area contributed by atoms with Crippen molar-refractivity contribution in [3.8, 4) is 23.0 Å². The van der Waals surface area contributed by atoms with Crippen molar-refractivity contribution in [1.29, 1.82) is 0 Å². The molecule has 1 N–H and O–H groups in total. The fourth-order valence-electron chi connectivity index (χ4n) is 2.85. The van der Waals surface area contributed by atoms with Crippen LogP contribution in [-0.2, 0) is 10.0 Å². The summed E-state index contributed by atoms with van der Waals surface area (Å²) in [6.07, 6.45) is 0.752. The van der Waals surface area contributed by atoms with Crippen LogP contribution in [0.15, 0.2) is 41.3 Å².